The molecule has 1 amide bonds. The van der Waals surface area contributed by atoms with E-state index in [0.29, 0.717) is 49.0 Å². The van der Waals surface area contributed by atoms with E-state index in [0.717, 1.165) is 0 Å². The minimum Gasteiger partial charge on any atom is -0.384 e. The number of aliphatic imine (C=N–C) groups is 1. The molecule has 3 rings (SSSR count). The second-order valence-electron chi connectivity index (χ2n) is 5.26. The fraction of sp³-hybridized carbons (Fsp3) is 0.250. The number of amidine groups is 1. The zero-order valence-corrected chi connectivity index (χ0v) is 13.0. The molecular weight excluding hydrogens is 308 g/mol. The molecule has 2 aliphatic heterocycles. The minimum atomic E-state index is -0.148. The fourth-order valence-corrected chi connectivity index (χ4v) is 2.45. The Morgan fingerprint density at radius 3 is 2.71 bits per heavy atom. The van der Waals surface area contributed by atoms with E-state index in [2.05, 4.69) is 15.3 Å². The van der Waals surface area contributed by atoms with E-state index in [4.69, 9.17) is 15.9 Å². The summed E-state index contributed by atoms with van der Waals surface area (Å²) in [5, 5.41) is 10.7. The molecule has 1 aromatic rings. The van der Waals surface area contributed by atoms with Gasteiger partial charge in [0.25, 0.3) is 5.91 Å². The molecule has 2 aliphatic rings. The maximum Gasteiger partial charge on any atom is 0.257 e. The number of amides is 1. The molecular formula is C16H18N6O2. The highest BCUT2D eigenvalue weighted by molar-refractivity contribution is 6.21. The lowest BCUT2D eigenvalue weighted by Crippen LogP contribution is -2.42. The van der Waals surface area contributed by atoms with Gasteiger partial charge in [0.05, 0.1) is 30.1 Å². The van der Waals surface area contributed by atoms with Crippen molar-refractivity contribution < 1.29 is 9.53 Å². The zero-order chi connectivity index (χ0) is 16.9. The van der Waals surface area contributed by atoms with Crippen LogP contribution in [0.15, 0.2) is 47.0 Å². The first-order valence-electron chi connectivity index (χ1n) is 7.54. The van der Waals surface area contributed by atoms with Gasteiger partial charge in [0.2, 0.25) is 0 Å². The zero-order valence-electron chi connectivity index (χ0n) is 13.0. The van der Waals surface area contributed by atoms with Crippen molar-refractivity contribution in [3.05, 3.63) is 47.7 Å². The summed E-state index contributed by atoms with van der Waals surface area (Å²) >= 11 is 0. The molecule has 0 radical (unpaired) electrons. The first kappa shape index (κ1) is 15.9. The van der Waals surface area contributed by atoms with Crippen molar-refractivity contribution >= 4 is 23.5 Å². The molecule has 0 saturated carbocycles. The van der Waals surface area contributed by atoms with E-state index in [-0.39, 0.29) is 11.7 Å². The highest BCUT2D eigenvalue weighted by atomic mass is 16.5. The summed E-state index contributed by atoms with van der Waals surface area (Å²) in [5.41, 5.74) is 7.05. The maximum absolute atomic E-state index is 12.4. The average molecular weight is 326 g/mol. The summed E-state index contributed by atoms with van der Waals surface area (Å²) in [6, 6.07) is 5.34. The lowest BCUT2D eigenvalue weighted by Gasteiger charge is -2.27. The summed E-state index contributed by atoms with van der Waals surface area (Å²) in [5.74, 6) is 0.139. The Hall–Kier alpha value is -3.00. The second kappa shape index (κ2) is 7.05. The highest BCUT2D eigenvalue weighted by Gasteiger charge is 2.22. The number of ether oxygens (including phenoxy) is 1. The fourth-order valence-electron chi connectivity index (χ4n) is 2.45. The number of nitrogens with two attached hydrogens (primary N) is 1. The van der Waals surface area contributed by atoms with E-state index >= 15 is 0 Å². The quantitative estimate of drug-likeness (QED) is 0.538. The number of morpholine rings is 1. The molecule has 8 heteroatoms. The van der Waals surface area contributed by atoms with E-state index < -0.39 is 0 Å². The normalized spacial score (nSPS) is 19.3. The van der Waals surface area contributed by atoms with Crippen LogP contribution < -0.4 is 11.1 Å². The second-order valence-corrected chi connectivity index (χ2v) is 5.26. The van der Waals surface area contributed by atoms with Crippen LogP contribution in [0.2, 0.25) is 0 Å². The largest absolute Gasteiger partial charge is 0.384 e. The van der Waals surface area contributed by atoms with Crippen LogP contribution in [-0.2, 0) is 9.53 Å². The number of pyridine rings is 1. The predicted molar refractivity (Wildman–Crippen MR) is 90.2 cm³/mol. The Kier molecular flexibility index (Phi) is 4.66. The van der Waals surface area contributed by atoms with Gasteiger partial charge >= 0.3 is 0 Å². The topological polar surface area (TPSA) is 117 Å². The van der Waals surface area contributed by atoms with Crippen LogP contribution in [0.4, 0.5) is 0 Å². The Morgan fingerprint density at radius 1 is 1.33 bits per heavy atom. The smallest absolute Gasteiger partial charge is 0.257 e. The van der Waals surface area contributed by atoms with Crippen LogP contribution in [0, 0.1) is 5.41 Å². The summed E-state index contributed by atoms with van der Waals surface area (Å²) in [4.78, 5) is 22.6. The van der Waals surface area contributed by atoms with Gasteiger partial charge in [-0.2, -0.15) is 0 Å². The van der Waals surface area contributed by atoms with Crippen LogP contribution in [0.5, 0.6) is 0 Å². The van der Waals surface area contributed by atoms with E-state index in [1.807, 2.05) is 6.07 Å². The summed E-state index contributed by atoms with van der Waals surface area (Å²) in [7, 11) is 0. The van der Waals surface area contributed by atoms with Gasteiger partial charge in [0, 0.05) is 31.7 Å². The standard InChI is InChI=1S/C16H18N6O2/c17-14(18)13(12-3-1-2-4-19-12)15-20-9-11(10-21-15)16(23)22-5-7-24-8-6-22/h1-4,9-10,20H,5-8H2,(H3,17,18)/b15-13+. The van der Waals surface area contributed by atoms with Gasteiger partial charge in [0.1, 0.15) is 11.7 Å². The summed E-state index contributed by atoms with van der Waals surface area (Å²) < 4.78 is 5.25. The lowest BCUT2D eigenvalue weighted by molar-refractivity contribution is -0.130. The molecule has 1 aromatic heterocycles. The third-order valence-electron chi connectivity index (χ3n) is 3.67. The van der Waals surface area contributed by atoms with Gasteiger partial charge in [-0.1, -0.05) is 6.07 Å². The molecule has 0 aromatic carbocycles. The molecule has 0 unspecified atom stereocenters. The van der Waals surface area contributed by atoms with Crippen LogP contribution in [-0.4, -0.2) is 54.1 Å². The molecule has 0 aliphatic carbocycles. The molecule has 0 atom stereocenters. The van der Waals surface area contributed by atoms with Crippen molar-refractivity contribution in [1.29, 1.82) is 5.41 Å². The van der Waals surface area contributed by atoms with Crippen LogP contribution in [0.1, 0.15) is 5.69 Å². The molecule has 1 saturated heterocycles. The SMILES string of the molecule is N=C(N)/C(=C1/N=CC(C(=O)N2CCOCC2)=CN1)c1ccccn1. The Bertz CT molecular complexity index is 732. The van der Waals surface area contributed by atoms with Crippen molar-refractivity contribution in [2.45, 2.75) is 0 Å². The van der Waals surface area contributed by atoms with Crippen LogP contribution >= 0.6 is 0 Å². The predicted octanol–water partition coefficient (Wildman–Crippen LogP) is 0.103. The van der Waals surface area contributed by atoms with Crippen molar-refractivity contribution in [1.82, 2.24) is 15.2 Å². The number of hydrogen-bond acceptors (Lipinski definition) is 6. The van der Waals surface area contributed by atoms with Gasteiger partial charge in [-0.05, 0) is 12.1 Å². The number of aromatic nitrogens is 1. The lowest BCUT2D eigenvalue weighted by atomic mass is 10.1. The van der Waals surface area contributed by atoms with Crippen molar-refractivity contribution in [3.63, 3.8) is 0 Å². The Labute approximate surface area is 139 Å². The number of nitrogens with one attached hydrogen (secondary N) is 2. The first-order valence-corrected chi connectivity index (χ1v) is 7.54. The summed E-state index contributed by atoms with van der Waals surface area (Å²) in [6.07, 6.45) is 4.68. The number of hydrogen-bond donors (Lipinski definition) is 3. The molecule has 4 N–H and O–H groups in total. The van der Waals surface area contributed by atoms with Crippen LogP contribution in [0.25, 0.3) is 5.57 Å². The molecule has 3 heterocycles. The van der Waals surface area contributed by atoms with Gasteiger partial charge in [-0.25, -0.2) is 4.99 Å². The van der Waals surface area contributed by atoms with Crippen molar-refractivity contribution in [2.75, 3.05) is 26.3 Å². The number of rotatable bonds is 3. The summed E-state index contributed by atoms with van der Waals surface area (Å²) in [6.45, 7) is 2.23. The van der Waals surface area contributed by atoms with Crippen LogP contribution in [0.3, 0.4) is 0 Å². The van der Waals surface area contributed by atoms with E-state index in [1.165, 1.54) is 6.21 Å². The molecule has 1 fully saturated rings. The van der Waals surface area contributed by atoms with Gasteiger partial charge in [-0.15, -0.1) is 0 Å². The maximum atomic E-state index is 12.4. The third kappa shape index (κ3) is 3.33. The monoisotopic (exact) mass is 326 g/mol. The molecule has 0 bridgehead atoms. The number of carbonyl (C=O) groups excluding carboxylic acids is 1. The molecule has 0 spiro atoms. The third-order valence-corrected chi connectivity index (χ3v) is 3.67. The Morgan fingerprint density at radius 2 is 2.12 bits per heavy atom. The Balaban J connectivity index is 1.81. The van der Waals surface area contributed by atoms with E-state index in [1.54, 1.807) is 29.4 Å². The highest BCUT2D eigenvalue weighted by Crippen LogP contribution is 2.18. The first-order chi connectivity index (χ1) is 11.7. The van der Waals surface area contributed by atoms with Crippen molar-refractivity contribution in [2.24, 2.45) is 10.7 Å². The average Bonchev–Trinajstić information content (AvgIpc) is 2.63. The molecule has 24 heavy (non-hydrogen) atoms. The van der Waals surface area contributed by atoms with Gasteiger partial charge in [0.15, 0.2) is 0 Å². The number of carbonyl (C=O) groups is 1. The van der Waals surface area contributed by atoms with Gasteiger partial charge in [-0.3, -0.25) is 15.2 Å². The molecule has 8 nitrogen and oxygen atoms in total. The number of nitrogens with zero attached hydrogens (tertiary/aromatic N) is 3. The van der Waals surface area contributed by atoms with Gasteiger partial charge < -0.3 is 20.7 Å². The molecule has 124 valence electrons. The minimum absolute atomic E-state index is 0.101. The van der Waals surface area contributed by atoms with E-state index in [9.17, 15) is 4.79 Å². The van der Waals surface area contributed by atoms with Crippen molar-refractivity contribution in [3.8, 4) is 0 Å².